The lowest BCUT2D eigenvalue weighted by atomic mass is 9.88. The van der Waals surface area contributed by atoms with Crippen LogP contribution in [0, 0.1) is 12.7 Å². The van der Waals surface area contributed by atoms with Crippen LogP contribution >= 0.6 is 22.1 Å². The van der Waals surface area contributed by atoms with Crippen molar-refractivity contribution in [2.75, 3.05) is 11.9 Å². The fraction of sp³-hybridized carbons (Fsp3) is 0.400. The molecule has 14 heteroatoms. The number of anilines is 1. The predicted octanol–water partition coefficient (Wildman–Crippen LogP) is 4.70. The van der Waals surface area contributed by atoms with E-state index in [0.717, 1.165) is 0 Å². The standard InChI is InChI=1S/C25H29ClFN7O4S/c1-13-19(31-18-10-7-14(26)12-34(13)18)21(35)30-17-9-8-15(27)20(29-17)25(4)16-6-5-11-28-39(16,38)24(2,3)22(33-25)32-23(36)37/h7-10,12,16,28,38H,5-6,11H2,1-4H3,(H,32,33)(H,36,37)(H,29,30,35)/t16-,25+/m1/s1. The molecule has 5 N–H and O–H groups in total. The smallest absolute Gasteiger partial charge is 0.410 e. The first kappa shape index (κ1) is 27.3. The van der Waals surface area contributed by atoms with E-state index in [1.54, 1.807) is 50.4 Å². The van der Waals surface area contributed by atoms with Crippen molar-refractivity contribution >= 4 is 51.4 Å². The number of carboxylic acid groups (broad SMARTS) is 1. The van der Waals surface area contributed by atoms with Gasteiger partial charge in [-0.05, 0) is 64.8 Å². The number of rotatable bonds is 3. The quantitative estimate of drug-likeness (QED) is 0.302. The molecule has 3 aromatic heterocycles. The third-order valence-corrected chi connectivity index (χ3v) is 11.7. The molecule has 39 heavy (non-hydrogen) atoms. The zero-order valence-corrected chi connectivity index (χ0v) is 23.3. The van der Waals surface area contributed by atoms with Crippen LogP contribution in [0.5, 0.6) is 0 Å². The number of carbonyl (C=O) groups excluding carboxylic acids is 1. The average Bonchev–Trinajstić information content (AvgIpc) is 3.19. The van der Waals surface area contributed by atoms with Crippen LogP contribution in [0.4, 0.5) is 15.0 Å². The summed E-state index contributed by atoms with van der Waals surface area (Å²) in [7, 11) is -2.75. The second-order valence-electron chi connectivity index (χ2n) is 10.3. The van der Waals surface area contributed by atoms with Crippen LogP contribution in [0.1, 0.15) is 55.5 Å². The number of nitrogens with one attached hydrogen (secondary N) is 3. The first-order valence-electron chi connectivity index (χ1n) is 12.3. The van der Waals surface area contributed by atoms with Gasteiger partial charge in [-0.25, -0.2) is 19.2 Å². The molecule has 2 aliphatic heterocycles. The van der Waals surface area contributed by atoms with Gasteiger partial charge in [0.15, 0.2) is 5.69 Å². The molecule has 0 aromatic carbocycles. The second kappa shape index (κ2) is 9.44. The number of carbonyl (C=O) groups is 2. The fourth-order valence-corrected chi connectivity index (χ4v) is 9.02. The monoisotopic (exact) mass is 577 g/mol. The van der Waals surface area contributed by atoms with E-state index in [-0.39, 0.29) is 23.0 Å². The largest absolute Gasteiger partial charge is 0.465 e. The number of hydrogen-bond donors (Lipinski definition) is 5. The summed E-state index contributed by atoms with van der Waals surface area (Å²) in [6, 6.07) is 5.85. The highest BCUT2D eigenvalue weighted by Crippen LogP contribution is 2.66. The number of aryl methyl sites for hydroxylation is 1. The number of aromatic nitrogens is 3. The molecule has 5 rings (SSSR count). The maximum absolute atomic E-state index is 15.5. The summed E-state index contributed by atoms with van der Waals surface area (Å²) >= 11 is 6.08. The van der Waals surface area contributed by atoms with Gasteiger partial charge in [0.1, 0.15) is 34.4 Å². The average molecular weight is 578 g/mol. The van der Waals surface area contributed by atoms with Gasteiger partial charge >= 0.3 is 6.09 Å². The minimum atomic E-state index is -2.75. The van der Waals surface area contributed by atoms with E-state index in [4.69, 9.17) is 16.6 Å². The van der Waals surface area contributed by atoms with Crippen molar-refractivity contribution in [3.8, 4) is 0 Å². The Labute approximate surface area is 230 Å². The SMILES string of the molecule is Cc1c(C(=O)Nc2ccc(F)c([C@@]3(C)N=C(NC(=O)O)C(C)(C)S4(O)NCCC[C@H]34)n2)nc2ccc(Cl)cn12. The molecule has 0 radical (unpaired) electrons. The van der Waals surface area contributed by atoms with E-state index in [1.807, 2.05) is 0 Å². The van der Waals surface area contributed by atoms with E-state index in [9.17, 15) is 19.2 Å². The Kier molecular flexibility index (Phi) is 6.61. The maximum atomic E-state index is 15.5. The zero-order chi connectivity index (χ0) is 28.3. The lowest BCUT2D eigenvalue weighted by Crippen LogP contribution is -2.63. The maximum Gasteiger partial charge on any atom is 0.410 e. The fourth-order valence-electron chi connectivity index (χ4n) is 5.40. The molecule has 2 aliphatic rings. The number of fused-ring (bicyclic) bond motifs is 2. The lowest BCUT2D eigenvalue weighted by molar-refractivity contribution is 0.102. The number of nitrogens with zero attached hydrogens (tertiary/aromatic N) is 4. The molecule has 3 aromatic rings. The number of hydrogen-bond acceptors (Lipinski definition) is 7. The van der Waals surface area contributed by atoms with E-state index < -0.39 is 43.8 Å². The number of aliphatic imine (C=N–C) groups is 1. The van der Waals surface area contributed by atoms with E-state index >= 15 is 4.39 Å². The molecule has 11 nitrogen and oxygen atoms in total. The minimum absolute atomic E-state index is 0.00951. The number of imidazole rings is 1. The second-order valence-corrected chi connectivity index (χ2v) is 13.9. The topological polar surface area (TPSA) is 153 Å². The minimum Gasteiger partial charge on any atom is -0.465 e. The molecule has 0 saturated carbocycles. The van der Waals surface area contributed by atoms with Crippen LogP contribution in [0.2, 0.25) is 5.02 Å². The van der Waals surface area contributed by atoms with E-state index in [0.29, 0.717) is 35.8 Å². The highest BCUT2D eigenvalue weighted by molar-refractivity contribution is 8.29. The first-order chi connectivity index (χ1) is 18.3. The van der Waals surface area contributed by atoms with Crippen molar-refractivity contribution in [1.29, 1.82) is 0 Å². The van der Waals surface area contributed by atoms with E-state index in [2.05, 4.69) is 25.3 Å². The van der Waals surface area contributed by atoms with Gasteiger partial charge in [0.25, 0.3) is 5.91 Å². The Morgan fingerprint density at radius 1 is 1.21 bits per heavy atom. The normalized spacial score (nSPS) is 27.7. The molecule has 1 saturated heterocycles. The number of halogens is 2. The Balaban J connectivity index is 1.57. The number of amides is 2. The number of amidine groups is 1. The Bertz CT molecular complexity index is 1550. The van der Waals surface area contributed by atoms with Gasteiger partial charge in [-0.15, -0.1) is 0 Å². The van der Waals surface area contributed by atoms with Gasteiger partial charge < -0.3 is 19.4 Å². The van der Waals surface area contributed by atoms with Crippen LogP contribution in [0.3, 0.4) is 0 Å². The molecule has 1 fully saturated rings. The Morgan fingerprint density at radius 2 is 1.95 bits per heavy atom. The summed E-state index contributed by atoms with van der Waals surface area (Å²) in [6.45, 7) is 7.32. The van der Waals surface area contributed by atoms with Crippen LogP contribution < -0.4 is 15.4 Å². The van der Waals surface area contributed by atoms with Gasteiger partial charge in [-0.1, -0.05) is 22.1 Å². The predicted molar refractivity (Wildman–Crippen MR) is 148 cm³/mol. The van der Waals surface area contributed by atoms with Crippen molar-refractivity contribution in [2.24, 2.45) is 4.99 Å². The van der Waals surface area contributed by atoms with Gasteiger partial charge in [0.2, 0.25) is 0 Å². The molecule has 0 bridgehead atoms. The van der Waals surface area contributed by atoms with Gasteiger partial charge in [-0.3, -0.25) is 19.8 Å². The highest BCUT2D eigenvalue weighted by Gasteiger charge is 2.61. The summed E-state index contributed by atoms with van der Waals surface area (Å²) in [5.74, 6) is -1.18. The molecule has 3 atom stereocenters. The molecular weight excluding hydrogens is 549 g/mol. The van der Waals surface area contributed by atoms with E-state index in [1.165, 1.54) is 12.1 Å². The van der Waals surface area contributed by atoms with Gasteiger partial charge in [0.05, 0.1) is 20.7 Å². The van der Waals surface area contributed by atoms with Crippen LogP contribution in [-0.2, 0) is 5.54 Å². The highest BCUT2D eigenvalue weighted by atomic mass is 35.5. The third kappa shape index (κ3) is 4.33. The summed E-state index contributed by atoms with van der Waals surface area (Å²) < 4.78 is 31.3. The van der Waals surface area contributed by atoms with Crippen molar-refractivity contribution < 1.29 is 23.6 Å². The van der Waals surface area contributed by atoms with Crippen LogP contribution in [-0.4, -0.2) is 58.4 Å². The van der Waals surface area contributed by atoms with Gasteiger partial charge in [0, 0.05) is 12.7 Å². The number of pyridine rings is 2. The summed E-state index contributed by atoms with van der Waals surface area (Å²) in [5, 5.41) is 14.4. The molecule has 0 spiro atoms. The van der Waals surface area contributed by atoms with Crippen LogP contribution in [0.15, 0.2) is 35.5 Å². The molecule has 1 unspecified atom stereocenters. The summed E-state index contributed by atoms with van der Waals surface area (Å²) in [6.07, 6.45) is 1.53. The van der Waals surface area contributed by atoms with Gasteiger partial charge in [-0.2, -0.15) is 0 Å². The molecule has 208 valence electrons. The van der Waals surface area contributed by atoms with Crippen molar-refractivity contribution in [3.63, 3.8) is 0 Å². The van der Waals surface area contributed by atoms with Crippen molar-refractivity contribution in [1.82, 2.24) is 24.4 Å². The lowest BCUT2D eigenvalue weighted by Gasteiger charge is -2.61. The molecule has 0 aliphatic carbocycles. The molecular formula is C25H29ClFN7O4S. The Hall–Kier alpha value is -3.26. The summed E-state index contributed by atoms with van der Waals surface area (Å²) in [4.78, 5) is 38.3. The third-order valence-electron chi connectivity index (χ3n) is 7.52. The molecule has 5 heterocycles. The molecule has 2 amide bonds. The zero-order valence-electron chi connectivity index (χ0n) is 21.7. The van der Waals surface area contributed by atoms with Crippen molar-refractivity contribution in [2.45, 2.75) is 56.1 Å². The Morgan fingerprint density at radius 3 is 2.67 bits per heavy atom. The van der Waals surface area contributed by atoms with Crippen molar-refractivity contribution in [3.05, 3.63) is 58.4 Å². The summed E-state index contributed by atoms with van der Waals surface area (Å²) in [5.41, 5.74) is -0.307. The van der Waals surface area contributed by atoms with Crippen LogP contribution in [0.25, 0.3) is 5.65 Å². The first-order valence-corrected chi connectivity index (χ1v) is 14.3.